The molecular formula is C12H10F3NO4. The number of carbonyl (C=O) groups is 2. The largest absolute Gasteiger partial charge is 0.573 e. The molecule has 1 amide bonds. The highest BCUT2D eigenvalue weighted by Crippen LogP contribution is 2.30. The van der Waals surface area contributed by atoms with E-state index in [2.05, 4.69) is 4.74 Å². The van der Waals surface area contributed by atoms with E-state index in [1.54, 1.807) is 0 Å². The lowest BCUT2D eigenvalue weighted by Gasteiger charge is -2.21. The minimum Gasteiger partial charge on any atom is -0.480 e. The number of rotatable bonds is 3. The molecule has 1 atom stereocenters. The molecule has 108 valence electrons. The van der Waals surface area contributed by atoms with E-state index in [9.17, 15) is 22.8 Å². The number of ether oxygens (including phenoxy) is 1. The summed E-state index contributed by atoms with van der Waals surface area (Å²) in [6, 6.07) is 3.53. The van der Waals surface area contributed by atoms with Crippen LogP contribution in [-0.2, 0) is 9.59 Å². The molecule has 1 saturated heterocycles. The standard InChI is InChI=1S/C12H10F3NO4/c13-12(14,15)20-8-3-1-7(2-4-8)16-9(11(18)19)5-6-10(16)17/h1-4,9H,5-6H2,(H,18,19)/t9-/m0/s1. The minimum absolute atomic E-state index is 0.0950. The first-order valence-electron chi connectivity index (χ1n) is 5.68. The first kappa shape index (κ1) is 14.2. The molecule has 20 heavy (non-hydrogen) atoms. The molecule has 0 aliphatic carbocycles. The van der Waals surface area contributed by atoms with Gasteiger partial charge in [-0.2, -0.15) is 0 Å². The molecule has 1 fully saturated rings. The third-order valence-corrected chi connectivity index (χ3v) is 2.85. The monoisotopic (exact) mass is 289 g/mol. The fourth-order valence-electron chi connectivity index (χ4n) is 2.05. The van der Waals surface area contributed by atoms with Crippen molar-refractivity contribution in [2.45, 2.75) is 25.2 Å². The van der Waals surface area contributed by atoms with Gasteiger partial charge in [-0.25, -0.2) is 4.79 Å². The number of amides is 1. The first-order chi connectivity index (χ1) is 9.28. The average Bonchev–Trinajstić information content (AvgIpc) is 2.70. The third kappa shape index (κ3) is 3.01. The maximum Gasteiger partial charge on any atom is 0.573 e. The summed E-state index contributed by atoms with van der Waals surface area (Å²) in [5.74, 6) is -1.95. The Labute approximate surface area is 111 Å². The summed E-state index contributed by atoms with van der Waals surface area (Å²) in [5.41, 5.74) is 0.231. The predicted molar refractivity (Wildman–Crippen MR) is 61.3 cm³/mol. The Bertz CT molecular complexity index is 526. The van der Waals surface area contributed by atoms with E-state index in [1.165, 1.54) is 12.1 Å². The molecule has 1 aromatic carbocycles. The maximum atomic E-state index is 12.0. The highest BCUT2D eigenvalue weighted by Gasteiger charge is 2.37. The van der Waals surface area contributed by atoms with Gasteiger partial charge in [0.05, 0.1) is 0 Å². The number of nitrogens with zero attached hydrogens (tertiary/aromatic N) is 1. The quantitative estimate of drug-likeness (QED) is 0.926. The van der Waals surface area contributed by atoms with Crippen molar-refractivity contribution in [3.63, 3.8) is 0 Å². The summed E-state index contributed by atoms with van der Waals surface area (Å²) in [6.45, 7) is 0. The van der Waals surface area contributed by atoms with Crippen molar-refractivity contribution >= 4 is 17.6 Å². The van der Waals surface area contributed by atoms with Crippen LogP contribution in [0.15, 0.2) is 24.3 Å². The van der Waals surface area contributed by atoms with E-state index in [0.717, 1.165) is 17.0 Å². The highest BCUT2D eigenvalue weighted by molar-refractivity contribution is 6.02. The fourth-order valence-corrected chi connectivity index (χ4v) is 2.05. The number of anilines is 1. The van der Waals surface area contributed by atoms with E-state index in [0.29, 0.717) is 0 Å². The summed E-state index contributed by atoms with van der Waals surface area (Å²) in [6.07, 6.45) is -4.53. The number of hydrogen-bond acceptors (Lipinski definition) is 3. The topological polar surface area (TPSA) is 66.8 Å². The first-order valence-corrected chi connectivity index (χ1v) is 5.68. The van der Waals surface area contributed by atoms with Gasteiger partial charge < -0.3 is 9.84 Å². The number of hydrogen-bond donors (Lipinski definition) is 1. The molecule has 5 nitrogen and oxygen atoms in total. The smallest absolute Gasteiger partial charge is 0.480 e. The van der Waals surface area contributed by atoms with Crippen LogP contribution in [0.3, 0.4) is 0 Å². The minimum atomic E-state index is -4.80. The molecule has 0 bridgehead atoms. The number of carboxylic acid groups (broad SMARTS) is 1. The second kappa shape index (κ2) is 5.03. The van der Waals surface area contributed by atoms with Crippen molar-refractivity contribution in [2.75, 3.05) is 4.90 Å². The summed E-state index contributed by atoms with van der Waals surface area (Å²) in [7, 11) is 0. The Kier molecular flexibility index (Phi) is 3.56. The van der Waals surface area contributed by atoms with E-state index in [4.69, 9.17) is 5.11 Å². The molecule has 0 unspecified atom stereocenters. The Hall–Kier alpha value is -2.25. The van der Waals surface area contributed by atoms with Crippen LogP contribution in [0.1, 0.15) is 12.8 Å². The van der Waals surface area contributed by atoms with Crippen LogP contribution in [0.4, 0.5) is 18.9 Å². The van der Waals surface area contributed by atoms with Gasteiger partial charge in [0.25, 0.3) is 0 Å². The zero-order chi connectivity index (χ0) is 14.9. The third-order valence-electron chi connectivity index (χ3n) is 2.85. The van der Waals surface area contributed by atoms with Crippen molar-refractivity contribution in [3.05, 3.63) is 24.3 Å². The molecule has 1 aromatic rings. The molecule has 1 aliphatic heterocycles. The van der Waals surface area contributed by atoms with Crippen molar-refractivity contribution < 1.29 is 32.6 Å². The van der Waals surface area contributed by atoms with E-state index in [-0.39, 0.29) is 24.4 Å². The molecule has 0 radical (unpaired) electrons. The van der Waals surface area contributed by atoms with Gasteiger partial charge in [-0.15, -0.1) is 13.2 Å². The van der Waals surface area contributed by atoms with Gasteiger partial charge in [0.2, 0.25) is 5.91 Å². The van der Waals surface area contributed by atoms with Gasteiger partial charge in [-0.1, -0.05) is 0 Å². The maximum absolute atomic E-state index is 12.0. The number of alkyl halides is 3. The lowest BCUT2D eigenvalue weighted by Crippen LogP contribution is -2.38. The van der Waals surface area contributed by atoms with E-state index < -0.39 is 24.1 Å². The summed E-state index contributed by atoms with van der Waals surface area (Å²) in [5, 5.41) is 9.00. The molecule has 1 heterocycles. The van der Waals surface area contributed by atoms with Gasteiger partial charge in [0.15, 0.2) is 0 Å². The molecule has 2 rings (SSSR count). The lowest BCUT2D eigenvalue weighted by atomic mass is 10.2. The Morgan fingerprint density at radius 2 is 1.90 bits per heavy atom. The molecular weight excluding hydrogens is 279 g/mol. The van der Waals surface area contributed by atoms with Crippen LogP contribution < -0.4 is 9.64 Å². The van der Waals surface area contributed by atoms with Crippen LogP contribution in [0, 0.1) is 0 Å². The summed E-state index contributed by atoms with van der Waals surface area (Å²) in [4.78, 5) is 23.7. The normalized spacial score (nSPS) is 19.2. The summed E-state index contributed by atoms with van der Waals surface area (Å²) < 4.78 is 39.7. The van der Waals surface area contributed by atoms with Crippen molar-refractivity contribution in [1.29, 1.82) is 0 Å². The molecule has 0 saturated carbocycles. The second-order valence-corrected chi connectivity index (χ2v) is 4.20. The summed E-state index contributed by atoms with van der Waals surface area (Å²) >= 11 is 0. The van der Waals surface area contributed by atoms with Crippen LogP contribution in [0.2, 0.25) is 0 Å². The second-order valence-electron chi connectivity index (χ2n) is 4.20. The average molecular weight is 289 g/mol. The zero-order valence-electron chi connectivity index (χ0n) is 10.1. The molecule has 8 heteroatoms. The van der Waals surface area contributed by atoms with Crippen molar-refractivity contribution in [2.24, 2.45) is 0 Å². The molecule has 0 spiro atoms. The lowest BCUT2D eigenvalue weighted by molar-refractivity contribution is -0.274. The molecule has 1 N–H and O–H groups in total. The van der Waals surface area contributed by atoms with E-state index in [1.807, 2.05) is 0 Å². The number of benzene rings is 1. The van der Waals surface area contributed by atoms with E-state index >= 15 is 0 Å². The Morgan fingerprint density at radius 1 is 1.30 bits per heavy atom. The number of aliphatic carboxylic acids is 1. The molecule has 1 aliphatic rings. The number of carbonyl (C=O) groups excluding carboxylic acids is 1. The van der Waals surface area contributed by atoms with Crippen molar-refractivity contribution in [3.8, 4) is 5.75 Å². The van der Waals surface area contributed by atoms with Crippen LogP contribution >= 0.6 is 0 Å². The predicted octanol–water partition coefficient (Wildman–Crippen LogP) is 2.17. The number of halogens is 3. The number of carboxylic acids is 1. The van der Waals surface area contributed by atoms with Crippen LogP contribution in [0.5, 0.6) is 5.75 Å². The van der Waals surface area contributed by atoms with Crippen molar-refractivity contribution in [1.82, 2.24) is 0 Å². The Balaban J connectivity index is 2.21. The Morgan fingerprint density at radius 3 is 2.40 bits per heavy atom. The van der Waals surface area contributed by atoms with Gasteiger partial charge in [0.1, 0.15) is 11.8 Å². The SMILES string of the molecule is O=C(O)[C@@H]1CCC(=O)N1c1ccc(OC(F)(F)F)cc1. The molecule has 0 aromatic heterocycles. The fraction of sp³-hybridized carbons (Fsp3) is 0.333. The van der Waals surface area contributed by atoms with Gasteiger partial charge in [0, 0.05) is 12.1 Å². The van der Waals surface area contributed by atoms with Gasteiger partial charge >= 0.3 is 12.3 Å². The zero-order valence-corrected chi connectivity index (χ0v) is 10.1. The van der Waals surface area contributed by atoms with Gasteiger partial charge in [-0.05, 0) is 30.7 Å². The van der Waals surface area contributed by atoms with Crippen LogP contribution in [0.25, 0.3) is 0 Å². The highest BCUT2D eigenvalue weighted by atomic mass is 19.4. The van der Waals surface area contributed by atoms with Gasteiger partial charge in [-0.3, -0.25) is 9.69 Å². The van der Waals surface area contributed by atoms with Crippen LogP contribution in [-0.4, -0.2) is 29.4 Å².